The third-order valence-electron chi connectivity index (χ3n) is 2.17. The lowest BCUT2D eigenvalue weighted by atomic mass is 10.2. The first-order chi connectivity index (χ1) is 7.65. The molecule has 0 fully saturated rings. The lowest BCUT2D eigenvalue weighted by molar-refractivity contribution is -0.120. The summed E-state index contributed by atoms with van der Waals surface area (Å²) in [6.45, 7) is 0.461. The molecule has 0 unspecified atom stereocenters. The molecule has 1 aromatic carbocycles. The second-order valence-corrected chi connectivity index (χ2v) is 3.30. The molecule has 1 amide bonds. The maximum atomic E-state index is 13.1. The van der Waals surface area contributed by atoms with Gasteiger partial charge in [0.1, 0.15) is 11.6 Å². The molecular formula is C11H14F2N2O. The summed E-state index contributed by atoms with van der Waals surface area (Å²) in [7, 11) is 1.54. The Morgan fingerprint density at radius 1 is 1.31 bits per heavy atom. The molecule has 0 spiro atoms. The van der Waals surface area contributed by atoms with Crippen LogP contribution < -0.4 is 10.6 Å². The molecule has 0 aliphatic heterocycles. The number of hydrogen-bond acceptors (Lipinski definition) is 2. The van der Waals surface area contributed by atoms with E-state index >= 15 is 0 Å². The zero-order valence-electron chi connectivity index (χ0n) is 9.02. The molecule has 0 radical (unpaired) electrons. The lowest BCUT2D eigenvalue weighted by Gasteiger charge is -2.06. The van der Waals surface area contributed by atoms with Gasteiger partial charge in [-0.25, -0.2) is 8.78 Å². The molecular weight excluding hydrogens is 214 g/mol. The Morgan fingerprint density at radius 3 is 2.50 bits per heavy atom. The van der Waals surface area contributed by atoms with Gasteiger partial charge in [0.2, 0.25) is 5.91 Å². The molecule has 1 aromatic rings. The van der Waals surface area contributed by atoms with Crippen LogP contribution in [0, 0.1) is 11.6 Å². The Hall–Kier alpha value is -1.49. The molecule has 3 nitrogen and oxygen atoms in total. The Morgan fingerprint density at radius 2 is 1.94 bits per heavy atom. The van der Waals surface area contributed by atoms with E-state index < -0.39 is 11.6 Å². The Labute approximate surface area is 92.8 Å². The summed E-state index contributed by atoms with van der Waals surface area (Å²) in [4.78, 5) is 10.9. The minimum Gasteiger partial charge on any atom is -0.359 e. The SMILES string of the molecule is CNC(=O)CCNCc1c(F)cccc1F. The van der Waals surface area contributed by atoms with Gasteiger partial charge in [0.15, 0.2) is 0 Å². The van der Waals surface area contributed by atoms with Gasteiger partial charge in [-0.1, -0.05) is 6.07 Å². The summed E-state index contributed by atoms with van der Waals surface area (Å²) in [5.74, 6) is -1.26. The van der Waals surface area contributed by atoms with Crippen molar-refractivity contribution in [1.29, 1.82) is 0 Å². The van der Waals surface area contributed by atoms with Gasteiger partial charge in [0.05, 0.1) is 0 Å². The van der Waals surface area contributed by atoms with Gasteiger partial charge in [0, 0.05) is 32.1 Å². The summed E-state index contributed by atoms with van der Waals surface area (Å²) in [6.07, 6.45) is 0.284. The van der Waals surface area contributed by atoms with Crippen molar-refractivity contribution in [1.82, 2.24) is 10.6 Å². The molecule has 88 valence electrons. The predicted molar refractivity (Wildman–Crippen MR) is 56.7 cm³/mol. The molecule has 2 N–H and O–H groups in total. The van der Waals surface area contributed by atoms with Crippen LogP contribution in [0.2, 0.25) is 0 Å². The van der Waals surface area contributed by atoms with Crippen LogP contribution in [0.25, 0.3) is 0 Å². The monoisotopic (exact) mass is 228 g/mol. The van der Waals surface area contributed by atoms with Crippen molar-refractivity contribution >= 4 is 5.91 Å². The van der Waals surface area contributed by atoms with Crippen molar-refractivity contribution in [3.63, 3.8) is 0 Å². The second-order valence-electron chi connectivity index (χ2n) is 3.30. The van der Waals surface area contributed by atoms with Crippen molar-refractivity contribution in [2.45, 2.75) is 13.0 Å². The minimum absolute atomic E-state index is 0.000549. The average molecular weight is 228 g/mol. The van der Waals surface area contributed by atoms with Gasteiger partial charge in [0.25, 0.3) is 0 Å². The summed E-state index contributed by atoms with van der Waals surface area (Å²) in [6, 6.07) is 3.73. The van der Waals surface area contributed by atoms with E-state index in [0.29, 0.717) is 6.54 Å². The standard InChI is InChI=1S/C11H14F2N2O/c1-14-11(16)5-6-15-7-8-9(12)3-2-4-10(8)13/h2-4,15H,5-7H2,1H3,(H,14,16). The first-order valence-corrected chi connectivity index (χ1v) is 4.99. The van der Waals surface area contributed by atoms with Crippen LogP contribution >= 0.6 is 0 Å². The van der Waals surface area contributed by atoms with Crippen molar-refractivity contribution in [2.24, 2.45) is 0 Å². The van der Waals surface area contributed by atoms with Crippen molar-refractivity contribution < 1.29 is 13.6 Å². The van der Waals surface area contributed by atoms with E-state index in [-0.39, 0.29) is 24.4 Å². The third-order valence-corrected chi connectivity index (χ3v) is 2.17. The first kappa shape index (κ1) is 12.6. The van der Waals surface area contributed by atoms with Crippen molar-refractivity contribution in [3.8, 4) is 0 Å². The van der Waals surface area contributed by atoms with E-state index in [4.69, 9.17) is 0 Å². The largest absolute Gasteiger partial charge is 0.359 e. The van der Waals surface area contributed by atoms with Crippen molar-refractivity contribution in [2.75, 3.05) is 13.6 Å². The van der Waals surface area contributed by atoms with Gasteiger partial charge in [-0.15, -0.1) is 0 Å². The molecule has 16 heavy (non-hydrogen) atoms. The quantitative estimate of drug-likeness (QED) is 0.743. The lowest BCUT2D eigenvalue weighted by Crippen LogP contribution is -2.25. The Balaban J connectivity index is 2.40. The number of hydrogen-bond donors (Lipinski definition) is 2. The van der Waals surface area contributed by atoms with E-state index in [1.807, 2.05) is 0 Å². The van der Waals surface area contributed by atoms with E-state index in [9.17, 15) is 13.6 Å². The summed E-state index contributed by atoms with van der Waals surface area (Å²) >= 11 is 0. The number of nitrogens with one attached hydrogen (secondary N) is 2. The molecule has 0 aromatic heterocycles. The summed E-state index contributed by atoms with van der Waals surface area (Å²) in [5.41, 5.74) is -0.000549. The average Bonchev–Trinajstić information content (AvgIpc) is 2.27. The molecule has 0 atom stereocenters. The fourth-order valence-corrected chi connectivity index (χ4v) is 1.24. The number of halogens is 2. The highest BCUT2D eigenvalue weighted by atomic mass is 19.1. The minimum atomic E-state index is -0.576. The van der Waals surface area contributed by atoms with Crippen LogP contribution in [0.15, 0.2) is 18.2 Å². The fourth-order valence-electron chi connectivity index (χ4n) is 1.24. The van der Waals surface area contributed by atoms with Gasteiger partial charge in [-0.2, -0.15) is 0 Å². The predicted octanol–water partition coefficient (Wildman–Crippen LogP) is 1.19. The van der Waals surface area contributed by atoms with E-state index in [1.165, 1.54) is 18.2 Å². The normalized spacial score (nSPS) is 10.2. The highest BCUT2D eigenvalue weighted by molar-refractivity contribution is 5.75. The summed E-state index contributed by atoms with van der Waals surface area (Å²) < 4.78 is 26.3. The third kappa shape index (κ3) is 3.58. The van der Waals surface area contributed by atoms with Crippen LogP contribution in [0.3, 0.4) is 0 Å². The highest BCUT2D eigenvalue weighted by Crippen LogP contribution is 2.11. The van der Waals surface area contributed by atoms with E-state index in [2.05, 4.69) is 10.6 Å². The number of amides is 1. The maximum Gasteiger partial charge on any atom is 0.221 e. The smallest absolute Gasteiger partial charge is 0.221 e. The van der Waals surface area contributed by atoms with Gasteiger partial charge in [-0.3, -0.25) is 4.79 Å². The van der Waals surface area contributed by atoms with E-state index in [0.717, 1.165) is 0 Å². The molecule has 0 aliphatic carbocycles. The van der Waals surface area contributed by atoms with Gasteiger partial charge in [-0.05, 0) is 12.1 Å². The topological polar surface area (TPSA) is 41.1 Å². The Kier molecular flexibility index (Phi) is 4.85. The Bertz CT molecular complexity index is 349. The molecule has 0 saturated heterocycles. The molecule has 5 heteroatoms. The van der Waals surface area contributed by atoms with Crippen LogP contribution in [-0.4, -0.2) is 19.5 Å². The zero-order chi connectivity index (χ0) is 12.0. The first-order valence-electron chi connectivity index (χ1n) is 4.99. The number of carbonyl (C=O) groups is 1. The zero-order valence-corrected chi connectivity index (χ0v) is 9.02. The summed E-state index contributed by atoms with van der Waals surface area (Å²) in [5, 5.41) is 5.27. The number of rotatable bonds is 5. The van der Waals surface area contributed by atoms with Crippen LogP contribution in [0.4, 0.5) is 8.78 Å². The highest BCUT2D eigenvalue weighted by Gasteiger charge is 2.07. The second kappa shape index (κ2) is 6.17. The van der Waals surface area contributed by atoms with Crippen LogP contribution in [-0.2, 0) is 11.3 Å². The molecule has 0 heterocycles. The molecule has 0 bridgehead atoms. The van der Waals surface area contributed by atoms with Crippen LogP contribution in [0.5, 0.6) is 0 Å². The number of benzene rings is 1. The fraction of sp³-hybridized carbons (Fsp3) is 0.364. The molecule has 0 saturated carbocycles. The van der Waals surface area contributed by atoms with Crippen molar-refractivity contribution in [3.05, 3.63) is 35.4 Å². The van der Waals surface area contributed by atoms with Gasteiger partial charge >= 0.3 is 0 Å². The molecule has 1 rings (SSSR count). The van der Waals surface area contributed by atoms with Crippen LogP contribution in [0.1, 0.15) is 12.0 Å². The molecule has 0 aliphatic rings. The van der Waals surface area contributed by atoms with E-state index in [1.54, 1.807) is 7.05 Å². The number of carbonyl (C=O) groups excluding carboxylic acids is 1. The van der Waals surface area contributed by atoms with Gasteiger partial charge < -0.3 is 10.6 Å². The maximum absolute atomic E-state index is 13.1.